The molecule has 2 aromatic rings. The number of aliphatic hydroxyl groups is 1. The number of carbonyl (C=O) groups is 4. The zero-order chi connectivity index (χ0) is 31.6. The number of halogens is 4. The third-order valence-corrected chi connectivity index (χ3v) is 7.02. The number of hydrogen-bond acceptors (Lipinski definition) is 11. The van der Waals surface area contributed by atoms with Gasteiger partial charge in [0.2, 0.25) is 23.8 Å². The largest absolute Gasteiger partial charge is 0.505 e. The molecular formula is C26H26F4N4O9. The van der Waals surface area contributed by atoms with E-state index < -0.39 is 113 Å². The molecule has 2 amide bonds. The third-order valence-electron chi connectivity index (χ3n) is 7.02. The van der Waals surface area contributed by atoms with Crippen LogP contribution in [-0.2, 0) is 35.0 Å². The van der Waals surface area contributed by atoms with E-state index in [9.17, 15) is 47.0 Å². The number of amides is 2. The van der Waals surface area contributed by atoms with Crippen LogP contribution in [0.2, 0.25) is 0 Å². The van der Waals surface area contributed by atoms with Crippen LogP contribution < -0.4 is 10.6 Å². The van der Waals surface area contributed by atoms with E-state index in [0.717, 1.165) is 13.0 Å². The number of ether oxygens (including phenoxy) is 3. The van der Waals surface area contributed by atoms with Gasteiger partial charge in [-0.05, 0) is 26.0 Å². The van der Waals surface area contributed by atoms with Crippen molar-refractivity contribution in [1.29, 1.82) is 0 Å². The molecule has 17 heteroatoms. The summed E-state index contributed by atoms with van der Waals surface area (Å²) < 4.78 is 72.2. The monoisotopic (exact) mass is 614 g/mol. The second kappa shape index (κ2) is 12.9. The fourth-order valence-electron chi connectivity index (χ4n) is 4.42. The van der Waals surface area contributed by atoms with Gasteiger partial charge in [0.15, 0.2) is 11.5 Å². The highest BCUT2D eigenvalue weighted by atomic mass is 19.2. The van der Waals surface area contributed by atoms with Crippen molar-refractivity contribution in [2.75, 3.05) is 6.61 Å². The number of aromatic hydroxyl groups is 1. The molecule has 0 aliphatic carbocycles. The van der Waals surface area contributed by atoms with Gasteiger partial charge in [0.05, 0.1) is 18.1 Å². The van der Waals surface area contributed by atoms with Crippen LogP contribution in [-0.4, -0.2) is 87.0 Å². The molecule has 232 valence electrons. The minimum Gasteiger partial charge on any atom is -0.505 e. The van der Waals surface area contributed by atoms with Crippen molar-refractivity contribution >= 4 is 23.8 Å². The molecule has 43 heavy (non-hydrogen) atoms. The van der Waals surface area contributed by atoms with Crippen LogP contribution in [0.3, 0.4) is 0 Å². The van der Waals surface area contributed by atoms with Gasteiger partial charge in [0, 0.05) is 31.2 Å². The minimum atomic E-state index is -2.12. The summed E-state index contributed by atoms with van der Waals surface area (Å²) in [6, 6.07) is -1.16. The van der Waals surface area contributed by atoms with Crippen molar-refractivity contribution in [1.82, 2.24) is 20.6 Å². The lowest BCUT2D eigenvalue weighted by atomic mass is 9.92. The van der Waals surface area contributed by atoms with Gasteiger partial charge in [-0.15, -0.1) is 0 Å². The lowest BCUT2D eigenvalue weighted by Crippen LogP contribution is -2.60. The van der Waals surface area contributed by atoms with Crippen LogP contribution >= 0.6 is 0 Å². The van der Waals surface area contributed by atoms with Crippen molar-refractivity contribution in [2.45, 2.75) is 63.2 Å². The zero-order valence-corrected chi connectivity index (χ0v) is 22.6. The predicted octanol–water partition coefficient (Wildman–Crippen LogP) is 0.207. The van der Waals surface area contributed by atoms with Crippen LogP contribution in [0.25, 0.3) is 0 Å². The zero-order valence-electron chi connectivity index (χ0n) is 22.6. The molecule has 4 heterocycles. The SMILES string of the molecule is C[C@H]1OC(=O)C(C2CCO2)OC(=O)[C@H](C)[C@H](O)[C@H](Cc2c(F)nc(F)c(F)c2F)NC(=O)[C@H]1NC(=O)c1ncccc1O. The Morgan fingerprint density at radius 2 is 1.79 bits per heavy atom. The first-order valence-corrected chi connectivity index (χ1v) is 12.9. The normalized spacial score (nSPS) is 28.3. The molecule has 2 unspecified atom stereocenters. The van der Waals surface area contributed by atoms with Crippen LogP contribution in [0.1, 0.15) is 36.3 Å². The Labute approximate surface area is 240 Å². The van der Waals surface area contributed by atoms with E-state index in [2.05, 4.69) is 20.6 Å². The summed E-state index contributed by atoms with van der Waals surface area (Å²) >= 11 is 0. The topological polar surface area (TPSA) is 186 Å². The number of aromatic nitrogens is 2. The van der Waals surface area contributed by atoms with E-state index >= 15 is 0 Å². The van der Waals surface area contributed by atoms with Crippen LogP contribution in [0.15, 0.2) is 18.3 Å². The van der Waals surface area contributed by atoms with Gasteiger partial charge >= 0.3 is 11.9 Å². The first kappa shape index (κ1) is 31.6. The summed E-state index contributed by atoms with van der Waals surface area (Å²) in [4.78, 5) is 58.8. The number of aliphatic hydroxyl groups excluding tert-OH is 1. The fourth-order valence-corrected chi connectivity index (χ4v) is 4.42. The van der Waals surface area contributed by atoms with E-state index in [0.29, 0.717) is 0 Å². The van der Waals surface area contributed by atoms with Gasteiger partial charge in [-0.25, -0.2) is 14.2 Å². The summed E-state index contributed by atoms with van der Waals surface area (Å²) in [5.41, 5.74) is -1.69. The standard InChI is InChI=1S/C26H26F4N4O9/c1-9-19(36)12(8-11-15(27)16(28)22(30)34-21(11)29)32-23(37)17(33-24(38)18-13(35)4-3-6-31-18)10(2)42-26(40)20(43-25(9)39)14-5-7-41-14/h3-4,6,9-10,12,14,17,19-20,35-36H,5,7-8H2,1-2H3,(H,32,37)(H,33,38)/t9-,10-,12+,14?,17+,19+,20?/m1/s1. The maximum atomic E-state index is 14.5. The van der Waals surface area contributed by atoms with Gasteiger partial charge in [-0.1, -0.05) is 0 Å². The average molecular weight is 615 g/mol. The average Bonchev–Trinajstić information content (AvgIpc) is 2.93. The summed E-state index contributed by atoms with van der Waals surface area (Å²) in [7, 11) is 0. The van der Waals surface area contributed by atoms with Crippen molar-refractivity contribution in [3.63, 3.8) is 0 Å². The maximum absolute atomic E-state index is 14.5. The van der Waals surface area contributed by atoms with Crippen LogP contribution in [0, 0.1) is 29.4 Å². The Hall–Kier alpha value is -4.38. The Balaban J connectivity index is 1.73. The maximum Gasteiger partial charge on any atom is 0.350 e. The number of pyridine rings is 2. The van der Waals surface area contributed by atoms with Gasteiger partial charge in [0.1, 0.15) is 24.0 Å². The molecule has 4 N–H and O–H groups in total. The summed E-state index contributed by atoms with van der Waals surface area (Å²) in [5, 5.41) is 25.5. The highest BCUT2D eigenvalue weighted by Gasteiger charge is 2.44. The molecular weight excluding hydrogens is 588 g/mol. The molecule has 0 radical (unpaired) electrons. The lowest BCUT2D eigenvalue weighted by Gasteiger charge is -2.36. The summed E-state index contributed by atoms with van der Waals surface area (Å²) in [5.74, 6) is -14.8. The lowest BCUT2D eigenvalue weighted by molar-refractivity contribution is -0.198. The Bertz CT molecular complexity index is 1430. The quantitative estimate of drug-likeness (QED) is 0.205. The number of rotatable bonds is 5. The predicted molar refractivity (Wildman–Crippen MR) is 132 cm³/mol. The minimum absolute atomic E-state index is 0.232. The van der Waals surface area contributed by atoms with Crippen LogP contribution in [0.5, 0.6) is 5.75 Å². The van der Waals surface area contributed by atoms with Gasteiger partial charge in [0.25, 0.3) is 11.9 Å². The Morgan fingerprint density at radius 3 is 2.42 bits per heavy atom. The smallest absolute Gasteiger partial charge is 0.350 e. The van der Waals surface area contributed by atoms with E-state index in [4.69, 9.17) is 14.2 Å². The van der Waals surface area contributed by atoms with E-state index in [1.807, 2.05) is 0 Å². The van der Waals surface area contributed by atoms with Crippen molar-refractivity contribution in [3.05, 3.63) is 53.1 Å². The van der Waals surface area contributed by atoms with E-state index in [1.54, 1.807) is 0 Å². The molecule has 7 atom stereocenters. The number of nitrogens with one attached hydrogen (secondary N) is 2. The molecule has 2 saturated heterocycles. The van der Waals surface area contributed by atoms with Gasteiger partial charge in [-0.3, -0.25) is 14.4 Å². The first-order chi connectivity index (χ1) is 20.3. The second-order valence-electron chi connectivity index (χ2n) is 9.92. The molecule has 2 aromatic heterocycles. The van der Waals surface area contributed by atoms with E-state index in [1.165, 1.54) is 19.2 Å². The van der Waals surface area contributed by atoms with Crippen molar-refractivity contribution in [3.8, 4) is 5.75 Å². The molecule has 2 aliphatic heterocycles. The molecule has 2 fully saturated rings. The number of hydrogen-bond donors (Lipinski definition) is 4. The second-order valence-corrected chi connectivity index (χ2v) is 9.92. The number of nitrogens with zero attached hydrogens (tertiary/aromatic N) is 2. The highest BCUT2D eigenvalue weighted by Crippen LogP contribution is 2.25. The Kier molecular flexibility index (Phi) is 9.44. The van der Waals surface area contributed by atoms with Gasteiger partial charge in [-0.2, -0.15) is 18.2 Å². The molecule has 0 bridgehead atoms. The summed E-state index contributed by atoms with van der Waals surface area (Å²) in [6.45, 7) is 2.53. The van der Waals surface area contributed by atoms with E-state index in [-0.39, 0.29) is 13.0 Å². The number of carbonyl (C=O) groups excluding carboxylic acids is 4. The van der Waals surface area contributed by atoms with Crippen LogP contribution in [0.4, 0.5) is 17.6 Å². The molecule has 2 aliphatic rings. The third kappa shape index (κ3) is 6.67. The van der Waals surface area contributed by atoms with Crippen molar-refractivity contribution in [2.24, 2.45) is 5.92 Å². The number of cyclic esters (lactones) is 2. The molecule has 13 nitrogen and oxygen atoms in total. The summed E-state index contributed by atoms with van der Waals surface area (Å²) in [6.07, 6.45) is -5.73. The Morgan fingerprint density at radius 1 is 1.09 bits per heavy atom. The molecule has 0 aromatic carbocycles. The van der Waals surface area contributed by atoms with Gasteiger partial charge < -0.3 is 35.1 Å². The molecule has 4 rings (SSSR count). The number of esters is 2. The molecule has 0 saturated carbocycles. The fraction of sp³-hybridized carbons (Fsp3) is 0.462. The first-order valence-electron chi connectivity index (χ1n) is 12.9. The molecule has 0 spiro atoms. The highest BCUT2D eigenvalue weighted by molar-refractivity contribution is 5.98. The van der Waals surface area contributed by atoms with Crippen molar-refractivity contribution < 1.29 is 61.2 Å².